The van der Waals surface area contributed by atoms with Crippen LogP contribution in [0.3, 0.4) is 0 Å². The van der Waals surface area contributed by atoms with Gasteiger partial charge in [-0.1, -0.05) is 18.2 Å². The molecule has 1 heterocycles. The quantitative estimate of drug-likeness (QED) is 0.125. The van der Waals surface area contributed by atoms with E-state index in [1.807, 2.05) is 0 Å². The molecule has 0 saturated carbocycles. The van der Waals surface area contributed by atoms with Gasteiger partial charge in [0.2, 0.25) is 12.7 Å². The number of carbonyl (C=O) groups is 3. The molecule has 4 aromatic carbocycles. The first-order valence-corrected chi connectivity index (χ1v) is 15.3. The molecular formula is C35H33N3O8S. The van der Waals surface area contributed by atoms with Gasteiger partial charge in [0.25, 0.3) is 11.8 Å². The van der Waals surface area contributed by atoms with E-state index in [9.17, 15) is 14.4 Å². The van der Waals surface area contributed by atoms with E-state index in [0.717, 1.165) is 4.90 Å². The zero-order chi connectivity index (χ0) is 33.3. The molecule has 1 aliphatic rings. The van der Waals surface area contributed by atoms with Crippen molar-refractivity contribution in [1.82, 2.24) is 5.32 Å². The molecule has 12 heteroatoms. The van der Waals surface area contributed by atoms with Crippen molar-refractivity contribution in [3.63, 3.8) is 0 Å². The van der Waals surface area contributed by atoms with Crippen LogP contribution >= 0.6 is 11.8 Å². The third-order valence-corrected chi connectivity index (χ3v) is 8.11. The van der Waals surface area contributed by atoms with Gasteiger partial charge in [0.15, 0.2) is 23.0 Å². The van der Waals surface area contributed by atoms with E-state index in [1.54, 1.807) is 91.9 Å². The van der Waals surface area contributed by atoms with Crippen LogP contribution in [0.15, 0.2) is 95.5 Å². The molecule has 5 rings (SSSR count). The monoisotopic (exact) mass is 655 g/mol. The van der Waals surface area contributed by atoms with Gasteiger partial charge in [-0.15, -0.1) is 11.8 Å². The number of carbonyl (C=O) groups excluding carboxylic acids is 3. The molecule has 11 nitrogen and oxygen atoms in total. The maximum absolute atomic E-state index is 13.6. The summed E-state index contributed by atoms with van der Waals surface area (Å²) in [4.78, 5) is 40.3. The first-order chi connectivity index (χ1) is 22.8. The molecule has 0 bridgehead atoms. The molecule has 1 unspecified atom stereocenters. The maximum Gasteiger partial charge on any atom is 0.272 e. The SMILES string of the molecule is COc1cc(OC)c(OC)cc1/C=C(\NC(=O)c1ccccc1)C(=O)Nc1ccc(SC(C)C(=O)Nc2ccc3c(c2)OCO3)cc1. The lowest BCUT2D eigenvalue weighted by Gasteiger charge is -2.15. The number of hydrogen-bond acceptors (Lipinski definition) is 9. The van der Waals surface area contributed by atoms with Gasteiger partial charge in [-0.2, -0.15) is 0 Å². The number of fused-ring (bicyclic) bond motifs is 1. The normalized spacial score (nSPS) is 12.5. The van der Waals surface area contributed by atoms with Gasteiger partial charge in [-0.05, 0) is 67.6 Å². The van der Waals surface area contributed by atoms with Crippen molar-refractivity contribution in [2.45, 2.75) is 17.1 Å². The Kier molecular flexibility index (Phi) is 10.5. The molecule has 4 aromatic rings. The summed E-state index contributed by atoms with van der Waals surface area (Å²) < 4.78 is 27.0. The standard InChI is InChI=1S/C35H33N3O8S/c1-21(33(39)37-25-12-15-28-32(18-25)46-20-45-28)47-26-13-10-24(11-14-26)36-35(41)27(38-34(40)22-8-6-5-7-9-22)16-23-17-30(43-3)31(44-4)19-29(23)42-2/h5-19,21H,20H2,1-4H3,(H,36,41)(H,37,39)(H,38,40)/b27-16-. The lowest BCUT2D eigenvalue weighted by atomic mass is 10.1. The van der Waals surface area contributed by atoms with Crippen molar-refractivity contribution in [3.8, 4) is 28.7 Å². The highest BCUT2D eigenvalue weighted by molar-refractivity contribution is 8.00. The van der Waals surface area contributed by atoms with Crippen molar-refractivity contribution in [3.05, 3.63) is 102 Å². The average Bonchev–Trinajstić information content (AvgIpc) is 3.57. The van der Waals surface area contributed by atoms with E-state index in [4.69, 9.17) is 23.7 Å². The van der Waals surface area contributed by atoms with E-state index in [2.05, 4.69) is 16.0 Å². The molecule has 0 aromatic heterocycles. The van der Waals surface area contributed by atoms with Crippen LogP contribution in [0, 0.1) is 0 Å². The summed E-state index contributed by atoms with van der Waals surface area (Å²) in [5.41, 5.74) is 1.92. The van der Waals surface area contributed by atoms with Gasteiger partial charge in [0.1, 0.15) is 11.4 Å². The topological polar surface area (TPSA) is 133 Å². The molecule has 3 N–H and O–H groups in total. The number of hydrogen-bond donors (Lipinski definition) is 3. The second-order valence-corrected chi connectivity index (χ2v) is 11.5. The summed E-state index contributed by atoms with van der Waals surface area (Å²) in [6, 6.07) is 24.1. The molecule has 242 valence electrons. The number of amides is 3. The third-order valence-electron chi connectivity index (χ3n) is 7.00. The number of thioether (sulfide) groups is 1. The lowest BCUT2D eigenvalue weighted by Crippen LogP contribution is -2.30. The van der Waals surface area contributed by atoms with E-state index < -0.39 is 17.1 Å². The molecule has 0 radical (unpaired) electrons. The first kappa shape index (κ1) is 32.8. The van der Waals surface area contributed by atoms with Crippen LogP contribution in [-0.2, 0) is 9.59 Å². The largest absolute Gasteiger partial charge is 0.496 e. The predicted molar refractivity (Wildman–Crippen MR) is 180 cm³/mol. The fourth-order valence-electron chi connectivity index (χ4n) is 4.55. The summed E-state index contributed by atoms with van der Waals surface area (Å²) in [7, 11) is 4.49. The summed E-state index contributed by atoms with van der Waals surface area (Å²) in [6.07, 6.45) is 1.50. The number of nitrogens with one attached hydrogen (secondary N) is 3. The molecule has 3 amide bonds. The molecule has 1 atom stereocenters. The van der Waals surface area contributed by atoms with Crippen LogP contribution in [0.4, 0.5) is 11.4 Å². The highest BCUT2D eigenvalue weighted by Gasteiger charge is 2.20. The van der Waals surface area contributed by atoms with Crippen LogP contribution in [0.2, 0.25) is 0 Å². The van der Waals surface area contributed by atoms with Crippen LogP contribution in [-0.4, -0.2) is 51.1 Å². The van der Waals surface area contributed by atoms with Crippen LogP contribution in [0.25, 0.3) is 6.08 Å². The fraction of sp³-hybridized carbons (Fsp3) is 0.171. The minimum atomic E-state index is -0.567. The number of benzene rings is 4. The molecule has 0 saturated heterocycles. The third kappa shape index (κ3) is 8.16. The Morgan fingerprint density at radius 1 is 0.766 bits per heavy atom. The minimum Gasteiger partial charge on any atom is -0.496 e. The predicted octanol–water partition coefficient (Wildman–Crippen LogP) is 5.97. The van der Waals surface area contributed by atoms with Crippen molar-refractivity contribution in [2.75, 3.05) is 38.8 Å². The van der Waals surface area contributed by atoms with Crippen LogP contribution in [0.5, 0.6) is 28.7 Å². The van der Waals surface area contributed by atoms with Crippen molar-refractivity contribution < 1.29 is 38.1 Å². The minimum absolute atomic E-state index is 0.0309. The van der Waals surface area contributed by atoms with Gasteiger partial charge in [0, 0.05) is 39.5 Å². The van der Waals surface area contributed by atoms with Crippen LogP contribution in [0.1, 0.15) is 22.8 Å². The van der Waals surface area contributed by atoms with E-state index in [-0.39, 0.29) is 18.4 Å². The summed E-state index contributed by atoms with van der Waals surface area (Å²) in [5.74, 6) is 1.27. The lowest BCUT2D eigenvalue weighted by molar-refractivity contribution is -0.115. The number of anilines is 2. The van der Waals surface area contributed by atoms with Gasteiger partial charge < -0.3 is 39.6 Å². The second-order valence-electron chi connectivity index (χ2n) is 10.1. The number of methoxy groups -OCH3 is 3. The van der Waals surface area contributed by atoms with Gasteiger partial charge in [-0.3, -0.25) is 14.4 Å². The summed E-state index contributed by atoms with van der Waals surface area (Å²) in [6.45, 7) is 1.96. The van der Waals surface area contributed by atoms with Crippen molar-refractivity contribution in [1.29, 1.82) is 0 Å². The second kappa shape index (κ2) is 15.1. The highest BCUT2D eigenvalue weighted by Crippen LogP contribution is 2.36. The van der Waals surface area contributed by atoms with Crippen molar-refractivity contribution >= 4 is 46.9 Å². The van der Waals surface area contributed by atoms with E-state index >= 15 is 0 Å². The smallest absolute Gasteiger partial charge is 0.272 e. The van der Waals surface area contributed by atoms with Gasteiger partial charge in [0.05, 0.1) is 26.6 Å². The Labute approximate surface area is 276 Å². The molecule has 0 aliphatic carbocycles. The average molecular weight is 656 g/mol. The van der Waals surface area contributed by atoms with Crippen molar-refractivity contribution in [2.24, 2.45) is 0 Å². The Morgan fingerprint density at radius 3 is 2.13 bits per heavy atom. The fourth-order valence-corrected chi connectivity index (χ4v) is 5.42. The Bertz CT molecular complexity index is 1800. The van der Waals surface area contributed by atoms with Gasteiger partial charge in [-0.25, -0.2) is 0 Å². The summed E-state index contributed by atoms with van der Waals surface area (Å²) >= 11 is 1.36. The zero-order valence-corrected chi connectivity index (χ0v) is 26.9. The first-order valence-electron chi connectivity index (χ1n) is 14.4. The van der Waals surface area contributed by atoms with E-state index in [1.165, 1.54) is 39.2 Å². The highest BCUT2D eigenvalue weighted by atomic mass is 32.2. The van der Waals surface area contributed by atoms with Crippen LogP contribution < -0.4 is 39.6 Å². The Balaban J connectivity index is 1.30. The van der Waals surface area contributed by atoms with Gasteiger partial charge >= 0.3 is 0 Å². The van der Waals surface area contributed by atoms with E-state index in [0.29, 0.717) is 51.2 Å². The number of ether oxygens (including phenoxy) is 5. The summed E-state index contributed by atoms with van der Waals surface area (Å²) in [5, 5.41) is 8.03. The Morgan fingerprint density at radius 2 is 1.43 bits per heavy atom. The molecule has 0 spiro atoms. The maximum atomic E-state index is 13.6. The zero-order valence-electron chi connectivity index (χ0n) is 26.1. The number of rotatable bonds is 12. The Hall–Kier alpha value is -5.62. The molecular weight excluding hydrogens is 622 g/mol. The molecule has 0 fully saturated rings. The molecule has 1 aliphatic heterocycles. The molecule has 47 heavy (non-hydrogen) atoms.